The number of benzene rings is 1. The molecule has 0 bridgehead atoms. The van der Waals surface area contributed by atoms with Crippen molar-refractivity contribution in [1.82, 2.24) is 0 Å². The van der Waals surface area contributed by atoms with E-state index in [1.165, 1.54) is 0 Å². The number of rotatable bonds is 1. The van der Waals surface area contributed by atoms with E-state index in [1.807, 2.05) is 30.3 Å². The van der Waals surface area contributed by atoms with Crippen LogP contribution < -0.4 is 29.6 Å². The monoisotopic (exact) mass is 251 g/mol. The van der Waals surface area contributed by atoms with Crippen LogP contribution in [0.25, 0.3) is 5.57 Å². The molecular weight excluding hydrogens is 239 g/mol. The molecule has 0 spiro atoms. The first kappa shape index (κ1) is 13.5. The minimum absolute atomic E-state index is 0. The predicted molar refractivity (Wildman–Crippen MR) is 61.8 cm³/mol. The summed E-state index contributed by atoms with van der Waals surface area (Å²) in [5.74, 6) is -0.808. The van der Waals surface area contributed by atoms with Crippen LogP contribution in [0.5, 0.6) is 0 Å². The standard InChI is InChI=1S/C14H12O3.Na/c15-12-11-8-4-7-10(13(11)17-14(12)16)9-5-2-1-3-6-9;/h1-3,5-6,11H,4,7-8H2;/q;+1. The van der Waals surface area contributed by atoms with Crippen molar-refractivity contribution < 1.29 is 43.9 Å². The Balaban J connectivity index is 0.00000120. The number of hydrogen-bond donors (Lipinski definition) is 0. The normalized spacial score (nSPS) is 22.3. The minimum Gasteiger partial charge on any atom is -0.424 e. The van der Waals surface area contributed by atoms with E-state index in [0.717, 1.165) is 30.4 Å². The summed E-state index contributed by atoms with van der Waals surface area (Å²) >= 11 is 0. The average molecular weight is 251 g/mol. The number of carbonyl (C=O) groups excluding carboxylic acids is 2. The van der Waals surface area contributed by atoms with Crippen LogP contribution in [0, 0.1) is 5.92 Å². The topological polar surface area (TPSA) is 43.4 Å². The fraction of sp³-hybridized carbons (Fsp3) is 0.286. The van der Waals surface area contributed by atoms with Gasteiger partial charge in [0.15, 0.2) is 0 Å². The van der Waals surface area contributed by atoms with Crippen molar-refractivity contribution in [3.05, 3.63) is 41.7 Å². The molecule has 1 aromatic carbocycles. The van der Waals surface area contributed by atoms with E-state index in [9.17, 15) is 9.59 Å². The summed E-state index contributed by atoms with van der Waals surface area (Å²) in [4.78, 5) is 22.9. The molecule has 1 heterocycles. The van der Waals surface area contributed by atoms with Crippen LogP contribution in [0.3, 0.4) is 0 Å². The van der Waals surface area contributed by atoms with E-state index in [0.29, 0.717) is 5.76 Å². The quantitative estimate of drug-likeness (QED) is 0.377. The molecule has 1 atom stereocenters. The first-order chi connectivity index (χ1) is 8.27. The number of allylic oxidation sites excluding steroid dienone is 2. The number of carbonyl (C=O) groups is 2. The van der Waals surface area contributed by atoms with Gasteiger partial charge in [-0.15, -0.1) is 0 Å². The van der Waals surface area contributed by atoms with Crippen molar-refractivity contribution >= 4 is 17.3 Å². The van der Waals surface area contributed by atoms with Gasteiger partial charge in [-0.1, -0.05) is 30.3 Å². The summed E-state index contributed by atoms with van der Waals surface area (Å²) in [6.07, 6.45) is 2.54. The van der Waals surface area contributed by atoms with E-state index in [-0.39, 0.29) is 41.3 Å². The van der Waals surface area contributed by atoms with E-state index >= 15 is 0 Å². The number of hydrogen-bond acceptors (Lipinski definition) is 3. The fourth-order valence-corrected chi connectivity index (χ4v) is 2.55. The van der Waals surface area contributed by atoms with Gasteiger partial charge in [0.25, 0.3) is 5.78 Å². The number of fused-ring (bicyclic) bond motifs is 1. The second kappa shape index (κ2) is 5.39. The van der Waals surface area contributed by atoms with Crippen LogP contribution in [-0.2, 0) is 14.3 Å². The average Bonchev–Trinajstić information content (AvgIpc) is 2.67. The van der Waals surface area contributed by atoms with E-state index in [4.69, 9.17) is 4.74 Å². The Kier molecular flexibility index (Phi) is 4.05. The van der Waals surface area contributed by atoms with Crippen molar-refractivity contribution in [2.45, 2.75) is 19.3 Å². The smallest absolute Gasteiger partial charge is 0.424 e. The molecule has 18 heavy (non-hydrogen) atoms. The molecule has 1 aliphatic heterocycles. The Morgan fingerprint density at radius 2 is 1.83 bits per heavy atom. The number of ether oxygens (including phenoxy) is 1. The molecule has 1 unspecified atom stereocenters. The number of ketones is 1. The second-order valence-electron chi connectivity index (χ2n) is 4.41. The molecule has 0 N–H and O–H groups in total. The van der Waals surface area contributed by atoms with Crippen molar-refractivity contribution in [2.75, 3.05) is 0 Å². The second-order valence-corrected chi connectivity index (χ2v) is 4.41. The molecule has 1 aliphatic carbocycles. The summed E-state index contributed by atoms with van der Waals surface area (Å²) in [5, 5.41) is 0. The van der Waals surface area contributed by atoms with Gasteiger partial charge in [0.1, 0.15) is 5.76 Å². The SMILES string of the molecule is O=C1OC2=C(c3ccccc3)CCCC2C1=O.[Na+]. The largest absolute Gasteiger partial charge is 1.00 e. The molecule has 1 aromatic rings. The van der Waals surface area contributed by atoms with Gasteiger partial charge in [-0.05, 0) is 30.4 Å². The summed E-state index contributed by atoms with van der Waals surface area (Å²) in [7, 11) is 0. The Bertz CT molecular complexity index is 519. The van der Waals surface area contributed by atoms with Gasteiger partial charge >= 0.3 is 35.5 Å². The van der Waals surface area contributed by atoms with Gasteiger partial charge < -0.3 is 4.74 Å². The van der Waals surface area contributed by atoms with Gasteiger partial charge in [0.05, 0.1) is 5.92 Å². The summed E-state index contributed by atoms with van der Waals surface area (Å²) in [5.41, 5.74) is 2.07. The zero-order valence-electron chi connectivity index (χ0n) is 10.3. The molecule has 2 aliphatic rings. The van der Waals surface area contributed by atoms with E-state index in [2.05, 4.69) is 0 Å². The Hall–Kier alpha value is -0.900. The molecule has 3 nitrogen and oxygen atoms in total. The third kappa shape index (κ3) is 2.18. The maximum atomic E-state index is 11.6. The summed E-state index contributed by atoms with van der Waals surface area (Å²) in [6, 6.07) is 9.82. The van der Waals surface area contributed by atoms with Gasteiger partial charge in [0, 0.05) is 0 Å². The Morgan fingerprint density at radius 3 is 2.56 bits per heavy atom. The van der Waals surface area contributed by atoms with Gasteiger partial charge in [-0.3, -0.25) is 4.79 Å². The maximum Gasteiger partial charge on any atom is 1.00 e. The fourth-order valence-electron chi connectivity index (χ4n) is 2.55. The van der Waals surface area contributed by atoms with Crippen molar-refractivity contribution in [2.24, 2.45) is 5.92 Å². The Morgan fingerprint density at radius 1 is 1.11 bits per heavy atom. The third-order valence-corrected chi connectivity index (χ3v) is 3.38. The van der Waals surface area contributed by atoms with Crippen molar-refractivity contribution in [1.29, 1.82) is 0 Å². The number of Topliss-reactive ketones (excluding diaryl/α,β-unsaturated/α-hetero) is 1. The van der Waals surface area contributed by atoms with Crippen LogP contribution in [0.1, 0.15) is 24.8 Å². The van der Waals surface area contributed by atoms with Crippen molar-refractivity contribution in [3.63, 3.8) is 0 Å². The van der Waals surface area contributed by atoms with Gasteiger partial charge in [-0.25, -0.2) is 4.79 Å². The third-order valence-electron chi connectivity index (χ3n) is 3.38. The van der Waals surface area contributed by atoms with E-state index in [1.54, 1.807) is 0 Å². The van der Waals surface area contributed by atoms with Crippen LogP contribution in [0.2, 0.25) is 0 Å². The molecule has 4 heteroatoms. The molecule has 1 saturated heterocycles. The zero-order chi connectivity index (χ0) is 11.8. The van der Waals surface area contributed by atoms with Crippen molar-refractivity contribution in [3.8, 4) is 0 Å². The molecule has 0 saturated carbocycles. The summed E-state index contributed by atoms with van der Waals surface area (Å²) < 4.78 is 5.14. The van der Waals surface area contributed by atoms with Crippen LogP contribution in [-0.4, -0.2) is 11.8 Å². The van der Waals surface area contributed by atoms with E-state index < -0.39 is 5.97 Å². The molecule has 0 aromatic heterocycles. The first-order valence-corrected chi connectivity index (χ1v) is 5.82. The summed E-state index contributed by atoms with van der Waals surface area (Å²) in [6.45, 7) is 0. The molecule has 3 rings (SSSR count). The number of esters is 1. The molecule has 86 valence electrons. The maximum absolute atomic E-state index is 11.6. The molecule has 0 radical (unpaired) electrons. The molecule has 0 amide bonds. The van der Waals surface area contributed by atoms with Crippen LogP contribution in [0.15, 0.2) is 36.1 Å². The molecule has 1 fully saturated rings. The van der Waals surface area contributed by atoms with Gasteiger partial charge in [-0.2, -0.15) is 0 Å². The van der Waals surface area contributed by atoms with Crippen LogP contribution >= 0.6 is 0 Å². The zero-order valence-corrected chi connectivity index (χ0v) is 12.3. The minimum atomic E-state index is -0.694. The first-order valence-electron chi connectivity index (χ1n) is 5.82. The predicted octanol–water partition coefficient (Wildman–Crippen LogP) is -0.672. The Labute approximate surface area is 127 Å². The van der Waals surface area contributed by atoms with Crippen LogP contribution in [0.4, 0.5) is 0 Å². The van der Waals surface area contributed by atoms with Gasteiger partial charge in [0.2, 0.25) is 0 Å². The molecular formula is C14H12NaO3+.